The summed E-state index contributed by atoms with van der Waals surface area (Å²) in [6.45, 7) is -0.165. The summed E-state index contributed by atoms with van der Waals surface area (Å²) in [5.74, 6) is -1.40. The first-order chi connectivity index (χ1) is 25.4. The van der Waals surface area contributed by atoms with E-state index in [2.05, 4.69) is 10.3 Å². The number of ether oxygens (including phenoxy) is 1. The average molecular weight is 755 g/mol. The largest absolute Gasteiger partial charge is 0.490 e. The van der Waals surface area contributed by atoms with Gasteiger partial charge in [0.15, 0.2) is 0 Å². The van der Waals surface area contributed by atoms with Gasteiger partial charge in [-0.15, -0.1) is 0 Å². The number of hydrogen-bond acceptors (Lipinski definition) is 8. The number of nitrogens with one attached hydrogen (secondary N) is 2. The lowest BCUT2D eigenvalue weighted by Crippen LogP contribution is -2.60. The minimum atomic E-state index is -4.59. The molecule has 53 heavy (non-hydrogen) atoms. The van der Waals surface area contributed by atoms with Crippen molar-refractivity contribution >= 4 is 23.4 Å². The number of pyridine rings is 1. The number of β-amino-alcohol motifs (C(OH)–C–C–N with tert-alkyl or cyclic N) is 1. The zero-order valence-corrected chi connectivity index (χ0v) is 29.6. The molecule has 4 heterocycles. The predicted octanol–water partition coefficient (Wildman–Crippen LogP) is 3.91. The third kappa shape index (κ3) is 10.4. The normalized spacial score (nSPS) is 20.5. The van der Waals surface area contributed by atoms with Crippen LogP contribution in [0.4, 0.5) is 13.2 Å². The van der Waals surface area contributed by atoms with Crippen LogP contribution in [0.5, 0.6) is 5.75 Å². The van der Waals surface area contributed by atoms with Crippen molar-refractivity contribution in [1.29, 1.82) is 0 Å². The number of hydrogen-bond donors (Lipinski definition) is 4. The number of benzene rings is 2. The summed E-state index contributed by atoms with van der Waals surface area (Å²) in [6, 6.07) is 18.2. The number of aliphatic hydroxyl groups excluding tert-OH is 2. The van der Waals surface area contributed by atoms with E-state index in [1.54, 1.807) is 59.8 Å². The number of aromatic nitrogens is 2. The van der Waals surface area contributed by atoms with Gasteiger partial charge in [0.05, 0.1) is 12.1 Å². The minimum absolute atomic E-state index is 0.00416. The highest BCUT2D eigenvalue weighted by Crippen LogP contribution is 2.32. The molecule has 0 bridgehead atoms. The van der Waals surface area contributed by atoms with Gasteiger partial charge in [-0.05, 0) is 66.4 Å². The molecule has 0 aliphatic carbocycles. The molecule has 5 atom stereocenters. The Hall–Kier alpha value is -4.47. The van der Waals surface area contributed by atoms with Crippen molar-refractivity contribution < 1.29 is 37.7 Å². The number of fused-ring (bicyclic) bond motifs is 1. The quantitative estimate of drug-likeness (QED) is 0.162. The Kier molecular flexibility index (Phi) is 12.4. The fourth-order valence-corrected chi connectivity index (χ4v) is 7.04. The van der Waals surface area contributed by atoms with Gasteiger partial charge in [-0.3, -0.25) is 24.4 Å². The molecule has 282 valence electrons. The molecule has 4 aromatic rings. The molecule has 2 amide bonds. The van der Waals surface area contributed by atoms with Crippen molar-refractivity contribution in [3.05, 3.63) is 113 Å². The SMILES string of the molecule is O=C(N[C@H]1c2ccccc2OCC1O)[C@H](Cc1cccnc1)C[C@H](O)CN1CCN(Cc2ccn(-c3ccc(Cl)cc3)c2)C[C@H]1C(=O)NCC(F)(F)F. The summed E-state index contributed by atoms with van der Waals surface area (Å²) in [6.07, 6.45) is 0.601. The number of amides is 2. The van der Waals surface area contributed by atoms with Crippen molar-refractivity contribution in [2.75, 3.05) is 39.3 Å². The molecule has 0 radical (unpaired) electrons. The van der Waals surface area contributed by atoms with Crippen molar-refractivity contribution in [1.82, 2.24) is 30.0 Å². The van der Waals surface area contributed by atoms with E-state index in [-0.39, 0.29) is 32.5 Å². The van der Waals surface area contributed by atoms with E-state index in [1.165, 1.54) is 0 Å². The summed E-state index contributed by atoms with van der Waals surface area (Å²) < 4.78 is 47.0. The Morgan fingerprint density at radius 2 is 1.83 bits per heavy atom. The maximum Gasteiger partial charge on any atom is 0.405 e. The molecule has 4 N–H and O–H groups in total. The number of carbonyl (C=O) groups is 2. The van der Waals surface area contributed by atoms with Gasteiger partial charge in [0.25, 0.3) is 0 Å². The Bertz CT molecular complexity index is 1830. The van der Waals surface area contributed by atoms with Gasteiger partial charge in [0.2, 0.25) is 11.8 Å². The number of piperazine rings is 1. The predicted molar refractivity (Wildman–Crippen MR) is 191 cm³/mol. The zero-order chi connectivity index (χ0) is 37.5. The van der Waals surface area contributed by atoms with Crippen LogP contribution in [0.25, 0.3) is 5.69 Å². The number of carbonyl (C=O) groups excluding carboxylic acids is 2. The molecule has 6 rings (SSSR count). The van der Waals surface area contributed by atoms with Gasteiger partial charge in [-0.1, -0.05) is 35.9 Å². The summed E-state index contributed by atoms with van der Waals surface area (Å²) in [5.41, 5.74) is 3.25. The lowest BCUT2D eigenvalue weighted by atomic mass is 9.91. The molecule has 15 heteroatoms. The summed E-state index contributed by atoms with van der Waals surface area (Å²) in [7, 11) is 0. The molecule has 0 spiro atoms. The van der Waals surface area contributed by atoms with Gasteiger partial charge in [-0.25, -0.2) is 0 Å². The van der Waals surface area contributed by atoms with E-state index < -0.39 is 54.7 Å². The van der Waals surface area contributed by atoms with E-state index in [0.717, 1.165) is 16.8 Å². The first kappa shape index (κ1) is 38.3. The highest BCUT2D eigenvalue weighted by molar-refractivity contribution is 6.30. The molecule has 11 nitrogen and oxygen atoms in total. The van der Waals surface area contributed by atoms with Gasteiger partial charge in [-0.2, -0.15) is 13.2 Å². The molecule has 1 saturated heterocycles. The molecule has 2 aliphatic heterocycles. The highest BCUT2D eigenvalue weighted by Gasteiger charge is 2.37. The number of para-hydroxylation sites is 1. The lowest BCUT2D eigenvalue weighted by molar-refractivity contribution is -0.143. The third-order valence-corrected chi connectivity index (χ3v) is 9.80. The Balaban J connectivity index is 1.14. The number of aliphatic hydroxyl groups is 2. The maximum atomic E-state index is 13.9. The second-order valence-electron chi connectivity index (χ2n) is 13.5. The van der Waals surface area contributed by atoms with Gasteiger partial charge in [0, 0.05) is 79.7 Å². The van der Waals surface area contributed by atoms with E-state index in [9.17, 15) is 33.0 Å². The van der Waals surface area contributed by atoms with E-state index in [4.69, 9.17) is 16.3 Å². The Labute approximate surface area is 310 Å². The second kappa shape index (κ2) is 17.1. The highest BCUT2D eigenvalue weighted by atomic mass is 35.5. The summed E-state index contributed by atoms with van der Waals surface area (Å²) in [5, 5.41) is 27.8. The maximum absolute atomic E-state index is 13.9. The van der Waals surface area contributed by atoms with E-state index in [1.807, 2.05) is 51.4 Å². The van der Waals surface area contributed by atoms with E-state index >= 15 is 0 Å². The molecule has 2 aromatic carbocycles. The summed E-state index contributed by atoms with van der Waals surface area (Å²) >= 11 is 6.03. The first-order valence-corrected chi connectivity index (χ1v) is 17.8. The van der Waals surface area contributed by atoms with Crippen LogP contribution in [0.3, 0.4) is 0 Å². The fourth-order valence-electron chi connectivity index (χ4n) is 6.91. The van der Waals surface area contributed by atoms with Crippen molar-refractivity contribution in [3.8, 4) is 11.4 Å². The summed E-state index contributed by atoms with van der Waals surface area (Å²) in [4.78, 5) is 35.0. The molecule has 2 aliphatic rings. The first-order valence-electron chi connectivity index (χ1n) is 17.4. The lowest BCUT2D eigenvalue weighted by Gasteiger charge is -2.41. The number of alkyl halides is 3. The zero-order valence-electron chi connectivity index (χ0n) is 28.8. The standard InChI is InChI=1S/C38H42ClF3N6O5/c39-28-7-9-29(10-8-28)47-13-11-26(20-47)19-46-14-15-48(32(22-46)37(52)44-24-38(40,41)42)21-30(49)17-27(16-25-4-3-12-43-18-25)36(51)45-35-31-5-1-2-6-34(31)53-23-33(35)50/h1-13,18,20,27,30,32-33,35,49-50H,14-17,19,21-24H2,(H,44,52)(H,45,51)/t27-,30+,32+,33?,35+/m1/s1. The van der Waals surface area contributed by atoms with Gasteiger partial charge < -0.3 is 30.2 Å². The van der Waals surface area contributed by atoms with E-state index in [0.29, 0.717) is 36.0 Å². The van der Waals surface area contributed by atoms with Crippen LogP contribution in [-0.4, -0.2) is 105 Å². The molecular weight excluding hydrogens is 713 g/mol. The van der Waals surface area contributed by atoms with Crippen molar-refractivity contribution in [2.24, 2.45) is 5.92 Å². The van der Waals surface area contributed by atoms with Gasteiger partial charge in [0.1, 0.15) is 31.0 Å². The molecule has 1 unspecified atom stereocenters. The van der Waals surface area contributed by atoms with Crippen LogP contribution in [0, 0.1) is 5.92 Å². The number of nitrogens with zero attached hydrogens (tertiary/aromatic N) is 4. The van der Waals surface area contributed by atoms with Crippen LogP contribution < -0.4 is 15.4 Å². The molecule has 1 fully saturated rings. The second-order valence-corrected chi connectivity index (χ2v) is 14.0. The Morgan fingerprint density at radius 3 is 2.58 bits per heavy atom. The number of rotatable bonds is 13. The Morgan fingerprint density at radius 1 is 1.04 bits per heavy atom. The molecule has 0 saturated carbocycles. The molecular formula is C38H42ClF3N6O5. The van der Waals surface area contributed by atoms with Crippen molar-refractivity contribution in [2.45, 2.75) is 49.9 Å². The monoisotopic (exact) mass is 754 g/mol. The van der Waals surface area contributed by atoms with Crippen LogP contribution in [0.15, 0.2) is 91.5 Å². The van der Waals surface area contributed by atoms with Crippen molar-refractivity contribution in [3.63, 3.8) is 0 Å². The fraction of sp³-hybridized carbons (Fsp3) is 0.395. The van der Waals surface area contributed by atoms with Crippen LogP contribution in [0.2, 0.25) is 5.02 Å². The third-order valence-electron chi connectivity index (χ3n) is 9.55. The van der Waals surface area contributed by atoms with Crippen LogP contribution >= 0.6 is 11.6 Å². The van der Waals surface area contributed by atoms with Crippen LogP contribution in [0.1, 0.15) is 29.2 Å². The topological polar surface area (TPSA) is 132 Å². The van der Waals surface area contributed by atoms with Gasteiger partial charge >= 0.3 is 6.18 Å². The smallest absolute Gasteiger partial charge is 0.405 e. The van der Waals surface area contributed by atoms with Crippen LogP contribution in [-0.2, 0) is 22.6 Å². The average Bonchev–Trinajstić information content (AvgIpc) is 3.61. The minimum Gasteiger partial charge on any atom is -0.490 e. The molecule has 2 aromatic heterocycles. The number of halogens is 4.